The Labute approximate surface area is 176 Å². The molecule has 1 amide bonds. The Bertz CT molecular complexity index is 1100. The molecule has 3 rings (SSSR count). The quantitative estimate of drug-likeness (QED) is 0.566. The van der Waals surface area contributed by atoms with E-state index < -0.39 is 10.0 Å². The van der Waals surface area contributed by atoms with E-state index in [0.717, 1.165) is 5.56 Å². The maximum Gasteiger partial charge on any atom is 0.264 e. The van der Waals surface area contributed by atoms with E-state index in [0.29, 0.717) is 17.8 Å². The predicted molar refractivity (Wildman–Crippen MR) is 115 cm³/mol. The van der Waals surface area contributed by atoms with Crippen molar-refractivity contribution in [2.45, 2.75) is 18.4 Å². The lowest BCUT2D eigenvalue weighted by Crippen LogP contribution is -2.31. The fourth-order valence-corrected chi connectivity index (χ4v) is 4.61. The fraction of sp³-hybridized carbons (Fsp3) is 0.174. The third-order valence-corrected chi connectivity index (χ3v) is 6.62. The van der Waals surface area contributed by atoms with Gasteiger partial charge in [0.1, 0.15) is 5.82 Å². The van der Waals surface area contributed by atoms with Crippen molar-refractivity contribution in [3.05, 3.63) is 95.8 Å². The van der Waals surface area contributed by atoms with Crippen LogP contribution in [0, 0.1) is 5.82 Å². The molecule has 0 fully saturated rings. The molecule has 0 aromatic heterocycles. The first-order chi connectivity index (χ1) is 14.3. The summed E-state index contributed by atoms with van der Waals surface area (Å²) >= 11 is 0. The molecule has 0 radical (unpaired) electrons. The van der Waals surface area contributed by atoms with Gasteiger partial charge in [0.05, 0.1) is 10.6 Å². The molecule has 0 heterocycles. The smallest absolute Gasteiger partial charge is 0.264 e. The average molecular weight is 427 g/mol. The van der Waals surface area contributed by atoms with Crippen molar-refractivity contribution in [1.82, 2.24) is 4.90 Å². The van der Waals surface area contributed by atoms with Gasteiger partial charge in [-0.15, -0.1) is 0 Å². The van der Waals surface area contributed by atoms with Gasteiger partial charge in [0.15, 0.2) is 0 Å². The zero-order chi connectivity index (χ0) is 21.7. The largest absolute Gasteiger partial charge is 0.337 e. The van der Waals surface area contributed by atoms with E-state index in [1.165, 1.54) is 45.6 Å². The summed E-state index contributed by atoms with van der Waals surface area (Å²) in [5.74, 6) is -0.583. The van der Waals surface area contributed by atoms with Gasteiger partial charge in [0.25, 0.3) is 15.9 Å². The lowest BCUT2D eigenvalue weighted by molar-refractivity contribution is 0.0785. The van der Waals surface area contributed by atoms with Gasteiger partial charge in [0.2, 0.25) is 0 Å². The number of hydrogen-bond donors (Lipinski definition) is 0. The Hall–Kier alpha value is -3.19. The van der Waals surface area contributed by atoms with E-state index in [4.69, 9.17) is 0 Å². The number of hydrogen-bond acceptors (Lipinski definition) is 3. The highest BCUT2D eigenvalue weighted by molar-refractivity contribution is 7.92. The fourth-order valence-electron chi connectivity index (χ4n) is 3.14. The molecule has 7 heteroatoms. The number of anilines is 1. The van der Waals surface area contributed by atoms with Gasteiger partial charge in [-0.25, -0.2) is 12.8 Å². The van der Waals surface area contributed by atoms with Gasteiger partial charge in [-0.2, -0.15) is 0 Å². The van der Waals surface area contributed by atoms with Crippen molar-refractivity contribution in [3.63, 3.8) is 0 Å². The lowest BCUT2D eigenvalue weighted by atomic mass is 10.1. The van der Waals surface area contributed by atoms with E-state index in [1.807, 2.05) is 6.07 Å². The lowest BCUT2D eigenvalue weighted by Gasteiger charge is -2.23. The van der Waals surface area contributed by atoms with Gasteiger partial charge < -0.3 is 4.90 Å². The van der Waals surface area contributed by atoms with Crippen LogP contribution in [0.2, 0.25) is 0 Å². The van der Waals surface area contributed by atoms with Crippen LogP contribution in [0.4, 0.5) is 10.1 Å². The molecule has 0 saturated heterocycles. The molecule has 0 unspecified atom stereocenters. The molecular formula is C23H23FN2O3S. The maximum atomic E-state index is 13.0. The molecule has 3 aromatic rings. The second-order valence-electron chi connectivity index (χ2n) is 6.82. The van der Waals surface area contributed by atoms with Gasteiger partial charge in [0, 0.05) is 25.7 Å². The Morgan fingerprint density at radius 1 is 0.900 bits per heavy atom. The van der Waals surface area contributed by atoms with Crippen LogP contribution in [-0.4, -0.2) is 32.8 Å². The SMILES string of the molecule is CCN(c1ccccc1)S(=O)(=O)c1ccc(C(=O)N(C)Cc2ccc(F)cc2)cc1. The molecule has 3 aromatic carbocycles. The van der Waals surface area contributed by atoms with E-state index in [1.54, 1.807) is 50.4 Å². The highest BCUT2D eigenvalue weighted by atomic mass is 32.2. The number of carbonyl (C=O) groups excluding carboxylic acids is 1. The average Bonchev–Trinajstić information content (AvgIpc) is 2.76. The van der Waals surface area contributed by atoms with Gasteiger partial charge >= 0.3 is 0 Å². The van der Waals surface area contributed by atoms with Gasteiger partial charge in [-0.05, 0) is 61.0 Å². The molecule has 30 heavy (non-hydrogen) atoms. The van der Waals surface area contributed by atoms with Crippen LogP contribution >= 0.6 is 0 Å². The molecule has 156 valence electrons. The van der Waals surface area contributed by atoms with Crippen LogP contribution in [0.5, 0.6) is 0 Å². The molecule has 0 aliphatic carbocycles. The molecule has 0 aliphatic rings. The Balaban J connectivity index is 1.77. The van der Waals surface area contributed by atoms with E-state index in [-0.39, 0.29) is 23.2 Å². The molecule has 0 aliphatic heterocycles. The Morgan fingerprint density at radius 3 is 2.07 bits per heavy atom. The number of nitrogens with zero attached hydrogens (tertiary/aromatic N) is 2. The molecule has 0 bridgehead atoms. The maximum absolute atomic E-state index is 13.0. The van der Waals surface area contributed by atoms with Crippen LogP contribution in [-0.2, 0) is 16.6 Å². The normalized spacial score (nSPS) is 11.2. The third-order valence-electron chi connectivity index (χ3n) is 4.70. The number of para-hydroxylation sites is 1. The van der Waals surface area contributed by atoms with Gasteiger partial charge in [-0.1, -0.05) is 30.3 Å². The summed E-state index contributed by atoms with van der Waals surface area (Å²) in [6.45, 7) is 2.37. The van der Waals surface area contributed by atoms with Gasteiger partial charge in [-0.3, -0.25) is 9.10 Å². The highest BCUT2D eigenvalue weighted by Crippen LogP contribution is 2.23. The Morgan fingerprint density at radius 2 is 1.50 bits per heavy atom. The summed E-state index contributed by atoms with van der Waals surface area (Å²) in [6, 6.07) is 20.7. The number of benzene rings is 3. The summed E-state index contributed by atoms with van der Waals surface area (Å²) in [4.78, 5) is 14.3. The van der Waals surface area contributed by atoms with E-state index in [2.05, 4.69) is 0 Å². The van der Waals surface area contributed by atoms with Crippen molar-refractivity contribution < 1.29 is 17.6 Å². The monoisotopic (exact) mass is 426 g/mol. The summed E-state index contributed by atoms with van der Waals surface area (Å²) < 4.78 is 40.5. The number of rotatable bonds is 7. The molecule has 0 spiro atoms. The van der Waals surface area contributed by atoms with Crippen molar-refractivity contribution in [2.75, 3.05) is 17.9 Å². The summed E-state index contributed by atoms with van der Waals surface area (Å²) in [6.07, 6.45) is 0. The van der Waals surface area contributed by atoms with Crippen molar-refractivity contribution in [1.29, 1.82) is 0 Å². The molecular weight excluding hydrogens is 403 g/mol. The van der Waals surface area contributed by atoms with Crippen LogP contribution in [0.3, 0.4) is 0 Å². The number of amides is 1. The first-order valence-electron chi connectivity index (χ1n) is 9.50. The van der Waals surface area contributed by atoms with Crippen LogP contribution in [0.25, 0.3) is 0 Å². The van der Waals surface area contributed by atoms with Crippen LogP contribution in [0.15, 0.2) is 83.8 Å². The molecule has 5 nitrogen and oxygen atoms in total. The minimum atomic E-state index is -3.75. The standard InChI is InChI=1S/C23H23FN2O3S/c1-3-26(21-7-5-4-6-8-21)30(28,29)22-15-11-19(12-16-22)23(27)25(2)17-18-9-13-20(24)14-10-18/h4-16H,3,17H2,1-2H3. The van der Waals surface area contributed by atoms with Crippen LogP contribution in [0.1, 0.15) is 22.8 Å². The minimum Gasteiger partial charge on any atom is -0.337 e. The minimum absolute atomic E-state index is 0.117. The van der Waals surface area contributed by atoms with Crippen LogP contribution < -0.4 is 4.31 Å². The number of halogens is 1. The van der Waals surface area contributed by atoms with Crippen molar-refractivity contribution >= 4 is 21.6 Å². The zero-order valence-corrected chi connectivity index (χ0v) is 17.6. The molecule has 0 saturated carbocycles. The first kappa shape index (κ1) is 21.5. The third kappa shape index (κ3) is 4.68. The summed E-state index contributed by atoms with van der Waals surface area (Å²) in [5, 5.41) is 0. The molecule has 0 N–H and O–H groups in total. The zero-order valence-electron chi connectivity index (χ0n) is 16.8. The van der Waals surface area contributed by atoms with Crippen molar-refractivity contribution in [3.8, 4) is 0 Å². The van der Waals surface area contributed by atoms with E-state index in [9.17, 15) is 17.6 Å². The number of carbonyl (C=O) groups is 1. The second-order valence-corrected chi connectivity index (χ2v) is 8.68. The summed E-state index contributed by atoms with van der Waals surface area (Å²) in [7, 11) is -2.10. The van der Waals surface area contributed by atoms with Crippen molar-refractivity contribution in [2.24, 2.45) is 0 Å². The topological polar surface area (TPSA) is 57.7 Å². The van der Waals surface area contributed by atoms with E-state index >= 15 is 0 Å². The first-order valence-corrected chi connectivity index (χ1v) is 10.9. The highest BCUT2D eigenvalue weighted by Gasteiger charge is 2.24. The predicted octanol–water partition coefficient (Wildman–Crippen LogP) is 4.31. The summed E-state index contributed by atoms with van der Waals surface area (Å²) in [5.41, 5.74) is 1.76. The second kappa shape index (κ2) is 9.09. The number of sulfonamides is 1. The Kier molecular flexibility index (Phi) is 6.52. The molecule has 0 atom stereocenters.